The first-order chi connectivity index (χ1) is 9.92. The van der Waals surface area contributed by atoms with Gasteiger partial charge in [0.15, 0.2) is 0 Å². The average Bonchev–Trinajstić information content (AvgIpc) is 2.96. The van der Waals surface area contributed by atoms with Crippen LogP contribution < -0.4 is 5.32 Å². The fourth-order valence-corrected chi connectivity index (χ4v) is 3.03. The molecular weight excluding hydrogens is 246 g/mol. The Morgan fingerprint density at radius 2 is 1.80 bits per heavy atom. The third-order valence-electron chi connectivity index (χ3n) is 4.15. The fourth-order valence-electron chi connectivity index (χ4n) is 3.03. The number of benzene rings is 1. The van der Waals surface area contributed by atoms with Gasteiger partial charge in [-0.25, -0.2) is 0 Å². The molecule has 0 atom stereocenters. The van der Waals surface area contributed by atoms with Crippen LogP contribution in [0.15, 0.2) is 36.5 Å². The molecule has 3 heteroatoms. The van der Waals surface area contributed by atoms with Crippen molar-refractivity contribution in [1.29, 1.82) is 0 Å². The third kappa shape index (κ3) is 3.41. The van der Waals surface area contributed by atoms with Gasteiger partial charge < -0.3 is 5.32 Å². The van der Waals surface area contributed by atoms with Crippen molar-refractivity contribution in [2.75, 3.05) is 5.32 Å². The molecule has 0 unspecified atom stereocenters. The minimum absolute atomic E-state index is 0.632. The second-order valence-corrected chi connectivity index (χ2v) is 5.74. The van der Waals surface area contributed by atoms with E-state index in [-0.39, 0.29) is 0 Å². The van der Waals surface area contributed by atoms with Gasteiger partial charge in [-0.2, -0.15) is 5.10 Å². The zero-order valence-electron chi connectivity index (χ0n) is 11.9. The predicted molar refractivity (Wildman–Crippen MR) is 83.8 cm³/mol. The molecule has 1 aromatic carbocycles. The summed E-state index contributed by atoms with van der Waals surface area (Å²) >= 11 is 0. The lowest BCUT2D eigenvalue weighted by Gasteiger charge is -2.22. The third-order valence-corrected chi connectivity index (χ3v) is 4.15. The van der Waals surface area contributed by atoms with Gasteiger partial charge in [0, 0.05) is 23.5 Å². The van der Waals surface area contributed by atoms with Crippen molar-refractivity contribution in [2.45, 2.75) is 51.0 Å². The Morgan fingerprint density at radius 1 is 1.00 bits per heavy atom. The molecule has 3 nitrogen and oxygen atoms in total. The molecule has 0 amide bonds. The molecule has 0 spiro atoms. The van der Waals surface area contributed by atoms with Crippen molar-refractivity contribution in [3.8, 4) is 11.3 Å². The van der Waals surface area contributed by atoms with Gasteiger partial charge in [0.05, 0.1) is 5.69 Å². The summed E-state index contributed by atoms with van der Waals surface area (Å²) in [4.78, 5) is 0. The molecule has 3 rings (SSSR count). The lowest BCUT2D eigenvalue weighted by atomic mass is 9.96. The standard InChI is InChI=1S/C17H23N3/c1-2-4-8-15(9-5-3-1)19-16-10-6-7-14(13-16)17-11-12-18-20-17/h6-7,10-13,15,19H,1-5,8-9H2,(H,18,20). The maximum atomic E-state index is 4.02. The van der Waals surface area contributed by atoms with E-state index < -0.39 is 0 Å². The maximum Gasteiger partial charge on any atom is 0.0650 e. The molecule has 0 aliphatic heterocycles. The van der Waals surface area contributed by atoms with Gasteiger partial charge in [-0.05, 0) is 31.0 Å². The summed E-state index contributed by atoms with van der Waals surface area (Å²) in [5, 5.41) is 10.8. The summed E-state index contributed by atoms with van der Waals surface area (Å²) in [5.74, 6) is 0. The Kier molecular flexibility index (Phi) is 4.36. The summed E-state index contributed by atoms with van der Waals surface area (Å²) in [6.07, 6.45) is 11.3. The van der Waals surface area contributed by atoms with Crippen molar-refractivity contribution >= 4 is 5.69 Å². The lowest BCUT2D eigenvalue weighted by molar-refractivity contribution is 0.471. The van der Waals surface area contributed by atoms with Crippen molar-refractivity contribution in [1.82, 2.24) is 10.2 Å². The molecule has 2 aromatic rings. The number of hydrogen-bond acceptors (Lipinski definition) is 2. The summed E-state index contributed by atoms with van der Waals surface area (Å²) in [7, 11) is 0. The topological polar surface area (TPSA) is 40.7 Å². The van der Waals surface area contributed by atoms with Crippen molar-refractivity contribution in [3.05, 3.63) is 36.5 Å². The van der Waals surface area contributed by atoms with Crippen molar-refractivity contribution in [2.24, 2.45) is 0 Å². The van der Waals surface area contributed by atoms with E-state index in [0.29, 0.717) is 6.04 Å². The van der Waals surface area contributed by atoms with Crippen LogP contribution in [0, 0.1) is 0 Å². The molecule has 0 bridgehead atoms. The van der Waals surface area contributed by atoms with Crippen LogP contribution in [0.2, 0.25) is 0 Å². The van der Waals surface area contributed by atoms with Gasteiger partial charge >= 0.3 is 0 Å². The van der Waals surface area contributed by atoms with E-state index in [4.69, 9.17) is 0 Å². The van der Waals surface area contributed by atoms with Gasteiger partial charge in [-0.15, -0.1) is 0 Å². The van der Waals surface area contributed by atoms with Crippen LogP contribution in [0.25, 0.3) is 11.3 Å². The van der Waals surface area contributed by atoms with E-state index in [1.54, 1.807) is 6.20 Å². The number of H-pyrrole nitrogens is 1. The number of aromatic amines is 1. The van der Waals surface area contributed by atoms with Crippen LogP contribution in [0.1, 0.15) is 44.9 Å². The highest BCUT2D eigenvalue weighted by molar-refractivity contribution is 5.64. The van der Waals surface area contributed by atoms with Crippen LogP contribution in [-0.4, -0.2) is 16.2 Å². The SMILES string of the molecule is c1cc(NC2CCCCCCC2)cc(-c2ccn[nH]2)c1. The number of anilines is 1. The molecule has 1 saturated carbocycles. The van der Waals surface area contributed by atoms with Gasteiger partial charge in [0.2, 0.25) is 0 Å². The molecule has 1 aliphatic rings. The Labute approximate surface area is 120 Å². The van der Waals surface area contributed by atoms with E-state index in [9.17, 15) is 0 Å². The van der Waals surface area contributed by atoms with E-state index in [1.165, 1.54) is 56.2 Å². The van der Waals surface area contributed by atoms with Gasteiger partial charge in [0.1, 0.15) is 0 Å². The van der Waals surface area contributed by atoms with Gasteiger partial charge in [-0.3, -0.25) is 5.10 Å². The average molecular weight is 269 g/mol. The number of aromatic nitrogens is 2. The molecule has 1 heterocycles. The highest BCUT2D eigenvalue weighted by Crippen LogP contribution is 2.24. The lowest BCUT2D eigenvalue weighted by Crippen LogP contribution is -2.20. The Morgan fingerprint density at radius 3 is 2.55 bits per heavy atom. The predicted octanol–water partition coefficient (Wildman–Crippen LogP) is 4.60. The Bertz CT molecular complexity index is 511. The second kappa shape index (κ2) is 6.60. The Hall–Kier alpha value is -1.77. The van der Waals surface area contributed by atoms with Gasteiger partial charge in [0.25, 0.3) is 0 Å². The highest BCUT2D eigenvalue weighted by atomic mass is 15.1. The van der Waals surface area contributed by atoms with Crippen LogP contribution in [-0.2, 0) is 0 Å². The first kappa shape index (κ1) is 13.2. The number of nitrogens with one attached hydrogen (secondary N) is 2. The summed E-state index contributed by atoms with van der Waals surface area (Å²) in [6.45, 7) is 0. The van der Waals surface area contributed by atoms with Crippen LogP contribution in [0.4, 0.5) is 5.69 Å². The van der Waals surface area contributed by atoms with E-state index in [2.05, 4.69) is 39.8 Å². The second-order valence-electron chi connectivity index (χ2n) is 5.74. The fraction of sp³-hybridized carbons (Fsp3) is 0.471. The van der Waals surface area contributed by atoms with E-state index in [0.717, 1.165) is 5.69 Å². The number of rotatable bonds is 3. The maximum absolute atomic E-state index is 4.02. The zero-order valence-corrected chi connectivity index (χ0v) is 11.9. The van der Waals surface area contributed by atoms with Crippen LogP contribution in [0.5, 0.6) is 0 Å². The quantitative estimate of drug-likeness (QED) is 0.854. The first-order valence-corrected chi connectivity index (χ1v) is 7.78. The Balaban J connectivity index is 1.69. The monoisotopic (exact) mass is 269 g/mol. The summed E-state index contributed by atoms with van der Waals surface area (Å²) in [5.41, 5.74) is 3.49. The number of nitrogens with zero attached hydrogens (tertiary/aromatic N) is 1. The molecule has 1 aliphatic carbocycles. The summed E-state index contributed by atoms with van der Waals surface area (Å²) < 4.78 is 0. The van der Waals surface area contributed by atoms with Crippen molar-refractivity contribution < 1.29 is 0 Å². The van der Waals surface area contributed by atoms with Crippen LogP contribution in [0.3, 0.4) is 0 Å². The minimum Gasteiger partial charge on any atom is -0.382 e. The first-order valence-electron chi connectivity index (χ1n) is 7.78. The molecule has 1 aromatic heterocycles. The molecule has 0 saturated heterocycles. The van der Waals surface area contributed by atoms with Crippen LogP contribution >= 0.6 is 0 Å². The van der Waals surface area contributed by atoms with Crippen molar-refractivity contribution in [3.63, 3.8) is 0 Å². The van der Waals surface area contributed by atoms with E-state index >= 15 is 0 Å². The molecule has 20 heavy (non-hydrogen) atoms. The molecule has 0 radical (unpaired) electrons. The van der Waals surface area contributed by atoms with E-state index in [1.807, 2.05) is 6.07 Å². The number of hydrogen-bond donors (Lipinski definition) is 2. The van der Waals surface area contributed by atoms with Gasteiger partial charge in [-0.1, -0.05) is 44.2 Å². The molecule has 1 fully saturated rings. The normalized spacial score (nSPS) is 17.4. The smallest absolute Gasteiger partial charge is 0.0650 e. The molecule has 2 N–H and O–H groups in total. The zero-order chi connectivity index (χ0) is 13.6. The molecular formula is C17H23N3. The minimum atomic E-state index is 0.632. The summed E-state index contributed by atoms with van der Waals surface area (Å²) in [6, 6.07) is 11.3. The largest absolute Gasteiger partial charge is 0.382 e. The molecule has 106 valence electrons. The highest BCUT2D eigenvalue weighted by Gasteiger charge is 2.11.